The highest BCUT2D eigenvalue weighted by Gasteiger charge is 2.23. The number of rotatable bonds is 38. The predicted molar refractivity (Wildman–Crippen MR) is 247 cm³/mol. The maximum absolute atomic E-state index is 12.7. The fourth-order valence-corrected chi connectivity index (χ4v) is 8.26. The Bertz CT molecular complexity index is 1200. The van der Waals surface area contributed by atoms with Gasteiger partial charge in [-0.2, -0.15) is 0 Å². The van der Waals surface area contributed by atoms with Crippen LogP contribution in [-0.2, 0) is 19.1 Å². The molecule has 6 nitrogen and oxygen atoms in total. The van der Waals surface area contributed by atoms with Gasteiger partial charge >= 0.3 is 11.9 Å². The van der Waals surface area contributed by atoms with E-state index in [1.54, 1.807) is 24.3 Å². The van der Waals surface area contributed by atoms with Gasteiger partial charge in [-0.1, -0.05) is 193 Å². The van der Waals surface area contributed by atoms with E-state index in [1.807, 2.05) is 13.8 Å². The molecule has 2 N–H and O–H groups in total. The molecule has 336 valence electrons. The van der Waals surface area contributed by atoms with E-state index in [9.17, 15) is 19.8 Å². The van der Waals surface area contributed by atoms with Crippen LogP contribution in [-0.4, -0.2) is 35.4 Å². The standard InChI is InChI=1S/C53H88O6/c1-5-7-9-11-13-15-17-19-21-23-29-45(47-35-39-49(54)40-36-47)31-25-27-33-51(56)58-43-53(3,4)44-59-52(57)34-28-26-32-46(48-37-41-50(55)42-38-48)30-24-22-20-18-16-14-12-10-8-6-2/h35-42,45-46,54-55H,5-34,43-44H2,1-4H3. The number of hydrogen-bond donors (Lipinski definition) is 2. The summed E-state index contributed by atoms with van der Waals surface area (Å²) in [5.41, 5.74) is 2.09. The molecule has 2 aromatic rings. The monoisotopic (exact) mass is 821 g/mol. The Labute approximate surface area is 362 Å². The minimum Gasteiger partial charge on any atom is -0.508 e. The molecule has 0 fully saturated rings. The van der Waals surface area contributed by atoms with Gasteiger partial charge in [0, 0.05) is 18.3 Å². The van der Waals surface area contributed by atoms with E-state index in [-0.39, 0.29) is 25.2 Å². The second-order valence-electron chi connectivity index (χ2n) is 18.5. The maximum atomic E-state index is 12.7. The summed E-state index contributed by atoms with van der Waals surface area (Å²) in [5, 5.41) is 19.7. The first-order valence-electron chi connectivity index (χ1n) is 24.5. The van der Waals surface area contributed by atoms with Crippen molar-refractivity contribution in [2.45, 2.75) is 232 Å². The molecule has 0 bridgehead atoms. The van der Waals surface area contributed by atoms with Crippen LogP contribution in [0.5, 0.6) is 11.5 Å². The molecular weight excluding hydrogens is 733 g/mol. The molecular formula is C53H88O6. The fraction of sp³-hybridized carbons (Fsp3) is 0.736. The van der Waals surface area contributed by atoms with E-state index in [0.717, 1.165) is 51.4 Å². The summed E-state index contributed by atoms with van der Waals surface area (Å²) in [7, 11) is 0. The van der Waals surface area contributed by atoms with Crippen molar-refractivity contribution in [3.63, 3.8) is 0 Å². The van der Waals surface area contributed by atoms with Crippen LogP contribution in [0.3, 0.4) is 0 Å². The Morgan fingerprint density at radius 1 is 0.441 bits per heavy atom. The van der Waals surface area contributed by atoms with Gasteiger partial charge in [0.15, 0.2) is 0 Å². The van der Waals surface area contributed by atoms with Gasteiger partial charge in [-0.15, -0.1) is 0 Å². The second kappa shape index (κ2) is 33.7. The number of benzene rings is 2. The summed E-state index contributed by atoms with van der Waals surface area (Å²) in [6, 6.07) is 15.3. The quantitative estimate of drug-likeness (QED) is 0.0518. The van der Waals surface area contributed by atoms with E-state index in [1.165, 1.54) is 140 Å². The molecule has 0 aromatic heterocycles. The first-order valence-corrected chi connectivity index (χ1v) is 24.5. The topological polar surface area (TPSA) is 93.1 Å². The molecule has 0 aliphatic carbocycles. The minimum absolute atomic E-state index is 0.193. The molecule has 0 amide bonds. The SMILES string of the molecule is CCCCCCCCCCCCC(CCCCC(=O)OCC(C)(C)COC(=O)CCCCC(CCCCCCCCCCCC)c1ccc(O)cc1)c1ccc(O)cc1. The van der Waals surface area contributed by atoms with Crippen molar-refractivity contribution in [2.75, 3.05) is 13.2 Å². The van der Waals surface area contributed by atoms with Gasteiger partial charge in [-0.25, -0.2) is 0 Å². The smallest absolute Gasteiger partial charge is 0.305 e. The van der Waals surface area contributed by atoms with E-state index < -0.39 is 5.41 Å². The first-order chi connectivity index (χ1) is 28.6. The highest BCUT2D eigenvalue weighted by Crippen LogP contribution is 2.31. The zero-order valence-corrected chi connectivity index (χ0v) is 38.4. The molecule has 2 atom stereocenters. The number of carbonyl (C=O) groups is 2. The number of hydrogen-bond acceptors (Lipinski definition) is 6. The summed E-state index contributed by atoms with van der Waals surface area (Å²) in [4.78, 5) is 25.4. The highest BCUT2D eigenvalue weighted by atomic mass is 16.5. The first kappa shape index (κ1) is 52.1. The van der Waals surface area contributed by atoms with Crippen molar-refractivity contribution in [1.82, 2.24) is 0 Å². The lowest BCUT2D eigenvalue weighted by atomic mass is 9.88. The molecule has 0 spiro atoms. The number of unbranched alkanes of at least 4 members (excludes halogenated alkanes) is 20. The lowest BCUT2D eigenvalue weighted by Gasteiger charge is -2.24. The zero-order valence-electron chi connectivity index (χ0n) is 38.4. The van der Waals surface area contributed by atoms with Crippen molar-refractivity contribution < 1.29 is 29.3 Å². The van der Waals surface area contributed by atoms with Crippen LogP contribution in [0, 0.1) is 5.41 Å². The van der Waals surface area contributed by atoms with Gasteiger partial charge < -0.3 is 19.7 Å². The van der Waals surface area contributed by atoms with Crippen LogP contribution in [0.1, 0.15) is 243 Å². The Morgan fingerprint density at radius 3 is 1.02 bits per heavy atom. The average Bonchev–Trinajstić information content (AvgIpc) is 3.23. The highest BCUT2D eigenvalue weighted by molar-refractivity contribution is 5.69. The Hall–Kier alpha value is -3.02. The normalized spacial score (nSPS) is 12.7. The van der Waals surface area contributed by atoms with Gasteiger partial charge in [-0.3, -0.25) is 9.59 Å². The van der Waals surface area contributed by atoms with Crippen molar-refractivity contribution >= 4 is 11.9 Å². The molecule has 0 aliphatic rings. The molecule has 6 heteroatoms. The molecule has 2 rings (SSSR count). The number of carbonyl (C=O) groups excluding carboxylic acids is 2. The molecule has 0 radical (unpaired) electrons. The summed E-state index contributed by atoms with van der Waals surface area (Å²) < 4.78 is 11.3. The number of phenolic OH excluding ortho intramolecular Hbond substituents is 2. The molecule has 0 saturated carbocycles. The van der Waals surface area contributed by atoms with Crippen LogP contribution in [0.4, 0.5) is 0 Å². The van der Waals surface area contributed by atoms with E-state index in [4.69, 9.17) is 9.47 Å². The summed E-state index contributed by atoms with van der Waals surface area (Å²) in [6.45, 7) is 8.93. The summed E-state index contributed by atoms with van der Waals surface area (Å²) >= 11 is 0. The van der Waals surface area contributed by atoms with Crippen molar-refractivity contribution in [2.24, 2.45) is 5.41 Å². The van der Waals surface area contributed by atoms with Crippen molar-refractivity contribution in [3.05, 3.63) is 59.7 Å². The van der Waals surface area contributed by atoms with Gasteiger partial charge in [0.2, 0.25) is 0 Å². The summed E-state index contributed by atoms with van der Waals surface area (Å²) in [6.07, 6.45) is 35.1. The minimum atomic E-state index is -0.455. The Kier molecular flexibility index (Phi) is 29.7. The van der Waals surface area contributed by atoms with Crippen LogP contribution < -0.4 is 0 Å². The largest absolute Gasteiger partial charge is 0.508 e. The van der Waals surface area contributed by atoms with Gasteiger partial charge in [0.05, 0.1) is 13.2 Å². The number of esters is 2. The van der Waals surface area contributed by atoms with E-state index in [2.05, 4.69) is 38.1 Å². The van der Waals surface area contributed by atoms with Crippen LogP contribution in [0.25, 0.3) is 0 Å². The fourth-order valence-electron chi connectivity index (χ4n) is 8.26. The van der Waals surface area contributed by atoms with Crippen LogP contribution >= 0.6 is 0 Å². The third kappa shape index (κ3) is 27.4. The van der Waals surface area contributed by atoms with Crippen molar-refractivity contribution in [1.29, 1.82) is 0 Å². The molecule has 0 aliphatic heterocycles. The lowest BCUT2D eigenvalue weighted by molar-refractivity contribution is -0.152. The number of ether oxygens (including phenoxy) is 2. The Balaban J connectivity index is 1.63. The number of phenols is 2. The van der Waals surface area contributed by atoms with Crippen LogP contribution in [0.2, 0.25) is 0 Å². The zero-order chi connectivity index (χ0) is 42.8. The molecule has 0 heterocycles. The third-order valence-electron chi connectivity index (χ3n) is 12.2. The molecule has 59 heavy (non-hydrogen) atoms. The van der Waals surface area contributed by atoms with Crippen molar-refractivity contribution in [3.8, 4) is 11.5 Å². The number of aromatic hydroxyl groups is 2. The van der Waals surface area contributed by atoms with E-state index in [0.29, 0.717) is 36.2 Å². The van der Waals surface area contributed by atoms with Gasteiger partial charge in [-0.05, 0) is 85.8 Å². The average molecular weight is 821 g/mol. The maximum Gasteiger partial charge on any atom is 0.305 e. The Morgan fingerprint density at radius 2 is 0.712 bits per heavy atom. The van der Waals surface area contributed by atoms with Crippen LogP contribution in [0.15, 0.2) is 48.5 Å². The molecule has 2 unspecified atom stereocenters. The van der Waals surface area contributed by atoms with Gasteiger partial charge in [0.25, 0.3) is 0 Å². The summed E-state index contributed by atoms with van der Waals surface area (Å²) in [5.74, 6) is 1.08. The lowest BCUT2D eigenvalue weighted by Crippen LogP contribution is -2.28. The molecule has 2 aromatic carbocycles. The third-order valence-corrected chi connectivity index (χ3v) is 12.2. The molecule has 0 saturated heterocycles. The van der Waals surface area contributed by atoms with E-state index >= 15 is 0 Å². The predicted octanol–water partition coefficient (Wildman–Crippen LogP) is 15.8. The second-order valence-corrected chi connectivity index (χ2v) is 18.5. The van der Waals surface area contributed by atoms with Gasteiger partial charge in [0.1, 0.15) is 11.5 Å².